The van der Waals surface area contributed by atoms with Crippen LogP contribution in [0.3, 0.4) is 0 Å². The molecule has 0 amide bonds. The summed E-state index contributed by atoms with van der Waals surface area (Å²) in [6.45, 7) is 0. The van der Waals surface area contributed by atoms with E-state index in [-0.39, 0.29) is 11.1 Å². The van der Waals surface area contributed by atoms with Crippen LogP contribution >= 0.6 is 0 Å². The molecule has 0 aliphatic heterocycles. The third-order valence-electron chi connectivity index (χ3n) is 2.67. The summed E-state index contributed by atoms with van der Waals surface area (Å²) in [5, 5.41) is 8.74. The third kappa shape index (κ3) is 2.40. The minimum absolute atomic E-state index is 0.233. The second kappa shape index (κ2) is 5.06. The van der Waals surface area contributed by atoms with Crippen molar-refractivity contribution in [3.05, 3.63) is 53.6 Å². The zero-order valence-electron chi connectivity index (χ0n) is 9.98. The number of hydrogen-bond acceptors (Lipinski definition) is 2. The highest BCUT2D eigenvalue weighted by molar-refractivity contribution is 5.88. The molecule has 19 heavy (non-hydrogen) atoms. The Kier molecular flexibility index (Phi) is 3.46. The lowest BCUT2D eigenvalue weighted by atomic mass is 10.0. The molecule has 2 aromatic rings. The number of rotatable bonds is 3. The van der Waals surface area contributed by atoms with Crippen LogP contribution in [-0.4, -0.2) is 18.2 Å². The molecule has 0 aliphatic carbocycles. The molecule has 0 radical (unpaired) electrons. The first kappa shape index (κ1) is 13.0. The van der Waals surface area contributed by atoms with Gasteiger partial charge >= 0.3 is 5.97 Å². The predicted molar refractivity (Wildman–Crippen MR) is 65.3 cm³/mol. The fourth-order valence-electron chi connectivity index (χ4n) is 1.81. The van der Waals surface area contributed by atoms with E-state index in [1.54, 1.807) is 18.2 Å². The van der Waals surface area contributed by atoms with Crippen LogP contribution in [0.1, 0.15) is 10.4 Å². The molecule has 2 aromatic carbocycles. The molecule has 98 valence electrons. The monoisotopic (exact) mass is 264 g/mol. The summed E-state index contributed by atoms with van der Waals surface area (Å²) in [5.74, 6) is -2.96. The van der Waals surface area contributed by atoms with Crippen molar-refractivity contribution < 1.29 is 23.4 Å². The van der Waals surface area contributed by atoms with E-state index in [0.717, 1.165) is 12.1 Å². The molecule has 0 spiro atoms. The van der Waals surface area contributed by atoms with Crippen molar-refractivity contribution in [2.45, 2.75) is 0 Å². The van der Waals surface area contributed by atoms with Gasteiger partial charge in [-0.2, -0.15) is 0 Å². The molecule has 0 aliphatic rings. The molecule has 2 rings (SSSR count). The predicted octanol–water partition coefficient (Wildman–Crippen LogP) is 3.34. The maximum absolute atomic E-state index is 13.9. The number of ether oxygens (including phenoxy) is 1. The fraction of sp³-hybridized carbons (Fsp3) is 0.0714. The van der Waals surface area contributed by atoms with Gasteiger partial charge in [0, 0.05) is 5.56 Å². The van der Waals surface area contributed by atoms with Crippen LogP contribution in [0, 0.1) is 11.6 Å². The molecule has 5 heteroatoms. The van der Waals surface area contributed by atoms with Gasteiger partial charge in [-0.15, -0.1) is 0 Å². The van der Waals surface area contributed by atoms with Crippen LogP contribution in [0.5, 0.6) is 5.75 Å². The van der Waals surface area contributed by atoms with Crippen LogP contribution in [0.15, 0.2) is 36.4 Å². The molecule has 0 saturated carbocycles. The van der Waals surface area contributed by atoms with Gasteiger partial charge in [0.2, 0.25) is 0 Å². The van der Waals surface area contributed by atoms with Crippen LogP contribution in [0.2, 0.25) is 0 Å². The highest BCUT2D eigenvalue weighted by Crippen LogP contribution is 2.34. The largest absolute Gasteiger partial charge is 0.496 e. The van der Waals surface area contributed by atoms with Gasteiger partial charge in [-0.1, -0.05) is 18.2 Å². The van der Waals surface area contributed by atoms with E-state index >= 15 is 0 Å². The summed E-state index contributed by atoms with van der Waals surface area (Å²) in [7, 11) is 1.39. The SMILES string of the molecule is COc1ccccc1-c1c(F)cc(C(=O)O)cc1F. The maximum atomic E-state index is 13.9. The number of benzene rings is 2. The zero-order valence-corrected chi connectivity index (χ0v) is 9.98. The average molecular weight is 264 g/mol. The first-order chi connectivity index (χ1) is 9.04. The fourth-order valence-corrected chi connectivity index (χ4v) is 1.81. The Balaban J connectivity index is 2.66. The first-order valence-electron chi connectivity index (χ1n) is 5.40. The number of aromatic carboxylic acids is 1. The lowest BCUT2D eigenvalue weighted by molar-refractivity contribution is 0.0696. The number of carboxylic acids is 1. The molecule has 3 nitrogen and oxygen atoms in total. The second-order valence-corrected chi connectivity index (χ2v) is 3.82. The van der Waals surface area contributed by atoms with Gasteiger partial charge in [0.1, 0.15) is 17.4 Å². The van der Waals surface area contributed by atoms with Gasteiger partial charge in [0.25, 0.3) is 0 Å². The molecule has 0 saturated heterocycles. The Morgan fingerprint density at radius 2 is 1.74 bits per heavy atom. The van der Waals surface area contributed by atoms with Crippen molar-refractivity contribution in [3.8, 4) is 16.9 Å². The Hall–Kier alpha value is -2.43. The third-order valence-corrected chi connectivity index (χ3v) is 2.67. The lowest BCUT2D eigenvalue weighted by Crippen LogP contribution is -2.01. The van der Waals surface area contributed by atoms with Gasteiger partial charge in [-0.25, -0.2) is 13.6 Å². The second-order valence-electron chi connectivity index (χ2n) is 3.82. The van der Waals surface area contributed by atoms with E-state index in [2.05, 4.69) is 0 Å². The van der Waals surface area contributed by atoms with E-state index in [0.29, 0.717) is 5.75 Å². The highest BCUT2D eigenvalue weighted by atomic mass is 19.1. The van der Waals surface area contributed by atoms with Crippen molar-refractivity contribution in [2.24, 2.45) is 0 Å². The molecule has 0 heterocycles. The van der Waals surface area contributed by atoms with E-state index < -0.39 is 23.2 Å². The summed E-state index contributed by atoms with van der Waals surface area (Å²) < 4.78 is 32.9. The quantitative estimate of drug-likeness (QED) is 0.924. The topological polar surface area (TPSA) is 46.5 Å². The van der Waals surface area contributed by atoms with Crippen LogP contribution < -0.4 is 4.74 Å². The van der Waals surface area contributed by atoms with Crippen molar-refractivity contribution in [1.82, 2.24) is 0 Å². The highest BCUT2D eigenvalue weighted by Gasteiger charge is 2.18. The number of carboxylic acid groups (broad SMARTS) is 1. The van der Waals surface area contributed by atoms with Gasteiger partial charge < -0.3 is 9.84 Å². The van der Waals surface area contributed by atoms with Crippen LogP contribution in [0.25, 0.3) is 11.1 Å². The number of para-hydroxylation sites is 1. The summed E-state index contributed by atoms with van der Waals surface area (Å²) in [5.41, 5.74) is -0.506. The summed E-state index contributed by atoms with van der Waals surface area (Å²) in [6, 6.07) is 7.92. The molecule has 0 fully saturated rings. The first-order valence-corrected chi connectivity index (χ1v) is 5.40. The molecule has 0 unspecified atom stereocenters. The number of methoxy groups -OCH3 is 1. The van der Waals surface area contributed by atoms with Gasteiger partial charge in [0.05, 0.1) is 18.2 Å². The van der Waals surface area contributed by atoms with Crippen LogP contribution in [0.4, 0.5) is 8.78 Å². The smallest absolute Gasteiger partial charge is 0.335 e. The van der Waals surface area contributed by atoms with Gasteiger partial charge in [-0.3, -0.25) is 0 Å². The molecule has 0 bridgehead atoms. The molecular weight excluding hydrogens is 254 g/mol. The van der Waals surface area contributed by atoms with Crippen molar-refractivity contribution >= 4 is 5.97 Å². The minimum Gasteiger partial charge on any atom is -0.496 e. The Morgan fingerprint density at radius 1 is 1.16 bits per heavy atom. The Bertz CT molecular complexity index is 615. The maximum Gasteiger partial charge on any atom is 0.335 e. The Labute approximate surface area is 108 Å². The number of halogens is 2. The Morgan fingerprint density at radius 3 is 2.26 bits per heavy atom. The normalized spacial score (nSPS) is 10.3. The van der Waals surface area contributed by atoms with Crippen molar-refractivity contribution in [2.75, 3.05) is 7.11 Å². The van der Waals surface area contributed by atoms with E-state index in [9.17, 15) is 13.6 Å². The number of hydrogen-bond donors (Lipinski definition) is 1. The van der Waals surface area contributed by atoms with E-state index in [1.807, 2.05) is 0 Å². The molecule has 1 N–H and O–H groups in total. The molecule has 0 atom stereocenters. The summed E-state index contributed by atoms with van der Waals surface area (Å²) >= 11 is 0. The number of carbonyl (C=O) groups is 1. The molecular formula is C14H10F2O3. The van der Waals surface area contributed by atoms with Gasteiger partial charge in [-0.05, 0) is 18.2 Å². The van der Waals surface area contributed by atoms with Crippen LogP contribution in [-0.2, 0) is 0 Å². The van der Waals surface area contributed by atoms with Crippen molar-refractivity contribution in [3.63, 3.8) is 0 Å². The van der Waals surface area contributed by atoms with Gasteiger partial charge in [0.15, 0.2) is 0 Å². The standard InChI is InChI=1S/C14H10F2O3/c1-19-12-5-3-2-4-9(12)13-10(15)6-8(14(17)18)7-11(13)16/h2-7H,1H3,(H,17,18). The van der Waals surface area contributed by atoms with E-state index in [1.165, 1.54) is 13.2 Å². The minimum atomic E-state index is -1.38. The summed E-state index contributed by atoms with van der Waals surface area (Å²) in [6.07, 6.45) is 0. The average Bonchev–Trinajstić information content (AvgIpc) is 2.38. The van der Waals surface area contributed by atoms with E-state index in [4.69, 9.17) is 9.84 Å². The lowest BCUT2D eigenvalue weighted by Gasteiger charge is -2.10. The summed E-state index contributed by atoms with van der Waals surface area (Å²) in [4.78, 5) is 10.7. The zero-order chi connectivity index (χ0) is 14.0. The molecule has 0 aromatic heterocycles. The van der Waals surface area contributed by atoms with Crippen molar-refractivity contribution in [1.29, 1.82) is 0 Å².